The Bertz CT molecular complexity index is 825. The molecule has 0 aliphatic carbocycles. The Morgan fingerprint density at radius 3 is 2.68 bits per heavy atom. The van der Waals surface area contributed by atoms with Crippen LogP contribution in [0.25, 0.3) is 0 Å². The minimum absolute atomic E-state index is 0.0381. The van der Waals surface area contributed by atoms with E-state index in [4.69, 9.17) is 21.1 Å². The predicted octanol–water partition coefficient (Wildman–Crippen LogP) is 3.95. The second-order valence-electron chi connectivity index (χ2n) is 7.29. The first-order valence-corrected chi connectivity index (χ1v) is 10.2. The molecule has 1 amide bonds. The highest BCUT2D eigenvalue weighted by Crippen LogP contribution is 2.37. The first-order valence-electron chi connectivity index (χ1n) is 9.84. The van der Waals surface area contributed by atoms with Crippen LogP contribution < -0.4 is 14.8 Å². The van der Waals surface area contributed by atoms with Crippen LogP contribution in [-0.4, -0.2) is 37.1 Å². The fraction of sp³-hybridized carbons (Fsp3) is 0.409. The summed E-state index contributed by atoms with van der Waals surface area (Å²) in [6.07, 6.45) is 3.03. The van der Waals surface area contributed by atoms with Crippen molar-refractivity contribution in [2.45, 2.75) is 31.8 Å². The lowest BCUT2D eigenvalue weighted by Gasteiger charge is -2.25. The summed E-state index contributed by atoms with van der Waals surface area (Å²) >= 11 is 5.90. The summed E-state index contributed by atoms with van der Waals surface area (Å²) in [6.45, 7) is 3.20. The lowest BCUT2D eigenvalue weighted by Crippen LogP contribution is -2.36. The lowest BCUT2D eigenvalue weighted by molar-refractivity contribution is -0.122. The summed E-state index contributed by atoms with van der Waals surface area (Å²) in [6, 6.07) is 13.9. The molecular weight excluding hydrogens is 376 g/mol. The third-order valence-corrected chi connectivity index (χ3v) is 5.52. The van der Waals surface area contributed by atoms with Crippen molar-refractivity contribution < 1.29 is 14.3 Å². The maximum Gasteiger partial charge on any atom is 0.234 e. The number of nitrogens with zero attached hydrogens (tertiary/aromatic N) is 1. The van der Waals surface area contributed by atoms with Crippen molar-refractivity contribution in [3.63, 3.8) is 0 Å². The molecule has 1 saturated heterocycles. The fourth-order valence-corrected chi connectivity index (χ4v) is 3.95. The summed E-state index contributed by atoms with van der Waals surface area (Å²) < 4.78 is 11.6. The molecule has 2 aromatic carbocycles. The highest BCUT2D eigenvalue weighted by molar-refractivity contribution is 6.30. The topological polar surface area (TPSA) is 50.8 Å². The Morgan fingerprint density at radius 2 is 1.86 bits per heavy atom. The first kappa shape index (κ1) is 19.1. The largest absolute Gasteiger partial charge is 0.490 e. The van der Waals surface area contributed by atoms with E-state index in [0.29, 0.717) is 31.3 Å². The molecule has 0 aromatic heterocycles. The van der Waals surface area contributed by atoms with Crippen LogP contribution in [0.1, 0.15) is 36.4 Å². The number of hydrogen-bond donors (Lipinski definition) is 1. The van der Waals surface area contributed by atoms with Crippen LogP contribution in [0.3, 0.4) is 0 Å². The Balaban J connectivity index is 1.37. The van der Waals surface area contributed by atoms with Crippen molar-refractivity contribution in [2.24, 2.45) is 0 Å². The summed E-state index contributed by atoms with van der Waals surface area (Å²) in [4.78, 5) is 14.7. The molecule has 0 saturated carbocycles. The monoisotopic (exact) mass is 400 g/mol. The number of hydrogen-bond acceptors (Lipinski definition) is 4. The standard InChI is InChI=1S/C22H25ClN2O3/c23-18-7-4-16(5-8-18)14-24-22(26)15-25-10-1-3-19(25)17-6-9-20-21(13-17)28-12-2-11-27-20/h4-9,13,19H,1-3,10-12,14-15H2,(H,24,26). The van der Waals surface area contributed by atoms with E-state index in [9.17, 15) is 4.79 Å². The summed E-state index contributed by atoms with van der Waals surface area (Å²) in [7, 11) is 0. The van der Waals surface area contributed by atoms with Gasteiger partial charge in [0.15, 0.2) is 11.5 Å². The highest BCUT2D eigenvalue weighted by atomic mass is 35.5. The zero-order valence-corrected chi connectivity index (χ0v) is 16.6. The maximum atomic E-state index is 12.5. The molecule has 148 valence electrons. The Morgan fingerprint density at radius 1 is 1.07 bits per heavy atom. The van der Waals surface area contributed by atoms with Crippen LogP contribution in [-0.2, 0) is 11.3 Å². The Labute approximate surface area is 170 Å². The minimum Gasteiger partial charge on any atom is -0.490 e. The van der Waals surface area contributed by atoms with E-state index in [0.717, 1.165) is 42.9 Å². The van der Waals surface area contributed by atoms with E-state index >= 15 is 0 Å². The Hall–Kier alpha value is -2.24. The van der Waals surface area contributed by atoms with Crippen molar-refractivity contribution in [3.05, 3.63) is 58.6 Å². The number of carbonyl (C=O) groups excluding carboxylic acids is 1. The molecule has 1 atom stereocenters. The molecule has 2 aliphatic heterocycles. The number of fused-ring (bicyclic) bond motifs is 1. The molecule has 0 bridgehead atoms. The van der Waals surface area contributed by atoms with Crippen LogP contribution in [0.15, 0.2) is 42.5 Å². The van der Waals surface area contributed by atoms with E-state index in [1.807, 2.05) is 30.3 Å². The second-order valence-corrected chi connectivity index (χ2v) is 7.72. The van der Waals surface area contributed by atoms with Gasteiger partial charge in [-0.2, -0.15) is 0 Å². The number of rotatable bonds is 5. The van der Waals surface area contributed by atoms with Crippen molar-refractivity contribution in [3.8, 4) is 11.5 Å². The molecule has 1 N–H and O–H groups in total. The summed E-state index contributed by atoms with van der Waals surface area (Å²) in [5.74, 6) is 1.66. The third kappa shape index (κ3) is 4.59. The van der Waals surface area contributed by atoms with Gasteiger partial charge in [-0.1, -0.05) is 29.8 Å². The SMILES string of the molecule is O=C(CN1CCCC1c1ccc2c(c1)OCCCO2)NCc1ccc(Cl)cc1. The van der Waals surface area contributed by atoms with Crippen LogP contribution in [0, 0.1) is 0 Å². The van der Waals surface area contributed by atoms with Gasteiger partial charge >= 0.3 is 0 Å². The fourth-order valence-electron chi connectivity index (χ4n) is 3.82. The van der Waals surface area contributed by atoms with Gasteiger partial charge in [0.25, 0.3) is 0 Å². The molecule has 1 fully saturated rings. The molecule has 0 spiro atoms. The normalized spacial score (nSPS) is 19.2. The second kappa shape index (κ2) is 8.84. The molecule has 0 radical (unpaired) electrons. The van der Waals surface area contributed by atoms with Gasteiger partial charge in [0.2, 0.25) is 5.91 Å². The van der Waals surface area contributed by atoms with Gasteiger partial charge in [-0.15, -0.1) is 0 Å². The molecule has 6 heteroatoms. The molecule has 2 aromatic rings. The van der Waals surface area contributed by atoms with Gasteiger partial charge in [0, 0.05) is 24.0 Å². The molecule has 28 heavy (non-hydrogen) atoms. The van der Waals surface area contributed by atoms with E-state index < -0.39 is 0 Å². The third-order valence-electron chi connectivity index (χ3n) is 5.27. The number of benzene rings is 2. The van der Waals surface area contributed by atoms with Crippen LogP contribution >= 0.6 is 11.6 Å². The van der Waals surface area contributed by atoms with Crippen molar-refractivity contribution in [1.29, 1.82) is 0 Å². The smallest absolute Gasteiger partial charge is 0.234 e. The average Bonchev–Trinajstić information content (AvgIpc) is 3.03. The molecule has 5 nitrogen and oxygen atoms in total. The number of halogens is 1. The average molecular weight is 401 g/mol. The van der Waals surface area contributed by atoms with Gasteiger partial charge in [-0.25, -0.2) is 0 Å². The molecule has 4 rings (SSSR count). The lowest BCUT2D eigenvalue weighted by atomic mass is 10.0. The van der Waals surface area contributed by atoms with Gasteiger partial charge in [-0.05, 0) is 54.8 Å². The van der Waals surface area contributed by atoms with Crippen LogP contribution in [0.4, 0.5) is 0 Å². The molecular formula is C22H25ClN2O3. The van der Waals surface area contributed by atoms with E-state index in [1.54, 1.807) is 0 Å². The minimum atomic E-state index is 0.0381. The van der Waals surface area contributed by atoms with Gasteiger partial charge in [0.05, 0.1) is 19.8 Å². The number of nitrogens with one attached hydrogen (secondary N) is 1. The number of likely N-dealkylation sites (tertiary alicyclic amines) is 1. The quantitative estimate of drug-likeness (QED) is 0.825. The highest BCUT2D eigenvalue weighted by Gasteiger charge is 2.28. The maximum absolute atomic E-state index is 12.5. The van der Waals surface area contributed by atoms with Crippen molar-refractivity contribution >= 4 is 17.5 Å². The number of ether oxygens (including phenoxy) is 2. The zero-order chi connectivity index (χ0) is 19.3. The molecule has 2 heterocycles. The van der Waals surface area contributed by atoms with E-state index in [1.165, 1.54) is 5.56 Å². The van der Waals surface area contributed by atoms with Gasteiger partial charge in [-0.3, -0.25) is 9.69 Å². The zero-order valence-electron chi connectivity index (χ0n) is 15.8. The number of amides is 1. The summed E-state index contributed by atoms with van der Waals surface area (Å²) in [5, 5.41) is 3.71. The van der Waals surface area contributed by atoms with Gasteiger partial charge < -0.3 is 14.8 Å². The number of carbonyl (C=O) groups is 1. The van der Waals surface area contributed by atoms with Crippen molar-refractivity contribution in [1.82, 2.24) is 10.2 Å². The van der Waals surface area contributed by atoms with Crippen molar-refractivity contribution in [2.75, 3.05) is 26.3 Å². The van der Waals surface area contributed by atoms with Crippen LogP contribution in [0.5, 0.6) is 11.5 Å². The predicted molar refractivity (Wildman–Crippen MR) is 109 cm³/mol. The molecule has 1 unspecified atom stereocenters. The first-order chi connectivity index (χ1) is 13.7. The summed E-state index contributed by atoms with van der Waals surface area (Å²) in [5.41, 5.74) is 2.23. The molecule has 2 aliphatic rings. The Kier molecular flexibility index (Phi) is 6.03. The van der Waals surface area contributed by atoms with Crippen LogP contribution in [0.2, 0.25) is 5.02 Å². The van der Waals surface area contributed by atoms with Gasteiger partial charge in [0.1, 0.15) is 0 Å². The van der Waals surface area contributed by atoms with E-state index in [2.05, 4.69) is 22.3 Å². The van der Waals surface area contributed by atoms with E-state index in [-0.39, 0.29) is 11.9 Å².